The standard InChI is InChI=1S/C60H41N/c1-59(2)51-20-10-8-18-49(51)57-54(59)33-34-55-58(57)50-19-9-12-22-53(50)60(55)52-21-11-7-17-47(52)48-32-27-43(37-56(48)60)40-23-28-44(29-24-40)61(45-30-25-38-13-3-5-15-41(38)35-45)46-31-26-39-14-4-6-16-42(39)36-46/h3-37H,1-2H3. The molecule has 1 nitrogen and oxygen atoms in total. The maximum atomic E-state index is 2.51. The van der Waals surface area contributed by atoms with E-state index in [9.17, 15) is 0 Å². The van der Waals surface area contributed by atoms with E-state index in [4.69, 9.17) is 0 Å². The van der Waals surface area contributed by atoms with E-state index in [-0.39, 0.29) is 5.41 Å². The molecule has 10 aromatic carbocycles. The minimum atomic E-state index is -0.437. The zero-order chi connectivity index (χ0) is 40.5. The normalized spacial score (nSPS) is 15.9. The summed E-state index contributed by atoms with van der Waals surface area (Å²) in [6.07, 6.45) is 0. The van der Waals surface area contributed by atoms with Gasteiger partial charge in [0.2, 0.25) is 0 Å². The Bertz CT molecular complexity index is 3380. The first-order valence-corrected chi connectivity index (χ1v) is 21.5. The summed E-state index contributed by atoms with van der Waals surface area (Å²) in [6.45, 7) is 4.78. The first-order valence-electron chi connectivity index (χ1n) is 21.5. The van der Waals surface area contributed by atoms with Crippen molar-refractivity contribution < 1.29 is 0 Å². The largest absolute Gasteiger partial charge is 0.310 e. The van der Waals surface area contributed by atoms with E-state index in [2.05, 4.69) is 231 Å². The Kier molecular flexibility index (Phi) is 7.06. The van der Waals surface area contributed by atoms with E-state index in [1.54, 1.807) is 0 Å². The van der Waals surface area contributed by atoms with Gasteiger partial charge in [-0.2, -0.15) is 0 Å². The fraction of sp³-hybridized carbons (Fsp3) is 0.0667. The third-order valence-electron chi connectivity index (χ3n) is 14.2. The summed E-state index contributed by atoms with van der Waals surface area (Å²) >= 11 is 0. The molecule has 1 atom stereocenters. The van der Waals surface area contributed by atoms with Crippen LogP contribution < -0.4 is 4.90 Å². The summed E-state index contributed by atoms with van der Waals surface area (Å²) in [6, 6.07) is 79.6. The van der Waals surface area contributed by atoms with Crippen LogP contribution in [-0.4, -0.2) is 0 Å². The lowest BCUT2D eigenvalue weighted by atomic mass is 9.69. The predicted molar refractivity (Wildman–Crippen MR) is 255 cm³/mol. The van der Waals surface area contributed by atoms with Crippen molar-refractivity contribution in [3.63, 3.8) is 0 Å². The van der Waals surface area contributed by atoms with E-state index in [0.717, 1.165) is 17.1 Å². The van der Waals surface area contributed by atoms with Gasteiger partial charge in [-0.3, -0.25) is 0 Å². The van der Waals surface area contributed by atoms with E-state index < -0.39 is 5.41 Å². The van der Waals surface area contributed by atoms with Crippen LogP contribution in [0.5, 0.6) is 0 Å². The van der Waals surface area contributed by atoms with Gasteiger partial charge in [0.25, 0.3) is 0 Å². The molecule has 1 heteroatoms. The van der Waals surface area contributed by atoms with Gasteiger partial charge in [-0.05, 0) is 142 Å². The molecule has 10 aromatic rings. The number of benzene rings is 10. The maximum absolute atomic E-state index is 2.51. The summed E-state index contributed by atoms with van der Waals surface area (Å²) in [7, 11) is 0. The third-order valence-corrected chi connectivity index (χ3v) is 14.2. The molecule has 0 aromatic heterocycles. The fourth-order valence-corrected chi connectivity index (χ4v) is 11.5. The van der Waals surface area contributed by atoms with E-state index in [0.29, 0.717) is 0 Å². The highest BCUT2D eigenvalue weighted by Crippen LogP contribution is 2.66. The van der Waals surface area contributed by atoms with Crippen LogP contribution >= 0.6 is 0 Å². The van der Waals surface area contributed by atoms with Crippen molar-refractivity contribution in [1.82, 2.24) is 0 Å². The molecule has 0 fully saturated rings. The van der Waals surface area contributed by atoms with Gasteiger partial charge in [0.05, 0.1) is 5.41 Å². The molecule has 1 spiro atoms. The Labute approximate surface area is 356 Å². The molecule has 13 rings (SSSR count). The number of fused-ring (bicyclic) bond motifs is 16. The monoisotopic (exact) mass is 775 g/mol. The molecule has 0 N–H and O–H groups in total. The molecule has 3 aliphatic carbocycles. The number of hydrogen-bond acceptors (Lipinski definition) is 1. The van der Waals surface area contributed by atoms with Crippen LogP contribution in [0.1, 0.15) is 47.2 Å². The minimum Gasteiger partial charge on any atom is -0.310 e. The highest BCUT2D eigenvalue weighted by atomic mass is 15.1. The number of hydrogen-bond donors (Lipinski definition) is 0. The molecule has 286 valence electrons. The van der Waals surface area contributed by atoms with Gasteiger partial charge in [0.15, 0.2) is 0 Å². The average molecular weight is 776 g/mol. The van der Waals surface area contributed by atoms with Crippen molar-refractivity contribution >= 4 is 38.6 Å². The first-order chi connectivity index (χ1) is 30.0. The lowest BCUT2D eigenvalue weighted by molar-refractivity contribution is 0.660. The van der Waals surface area contributed by atoms with Crippen molar-refractivity contribution in [3.05, 3.63) is 246 Å². The van der Waals surface area contributed by atoms with Crippen LogP contribution in [0.15, 0.2) is 212 Å². The molecule has 3 aliphatic rings. The smallest absolute Gasteiger partial charge is 0.0725 e. The van der Waals surface area contributed by atoms with Crippen LogP contribution in [0.4, 0.5) is 17.1 Å². The SMILES string of the molecule is CC1(C)c2ccccc2-c2c1ccc1c2-c2ccccc2C12c1ccccc1-c1ccc(-c3ccc(N(c4ccc5ccccc5c4)c4ccc5ccccc5c4)cc3)cc12. The van der Waals surface area contributed by atoms with Gasteiger partial charge in [0, 0.05) is 22.5 Å². The second-order valence-electron chi connectivity index (χ2n) is 17.6. The fourth-order valence-electron chi connectivity index (χ4n) is 11.5. The Balaban J connectivity index is 0.983. The minimum absolute atomic E-state index is 0.0747. The molecule has 0 bridgehead atoms. The van der Waals surface area contributed by atoms with Crippen LogP contribution in [0, 0.1) is 0 Å². The average Bonchev–Trinajstić information content (AvgIpc) is 3.87. The molecule has 0 aliphatic heterocycles. The highest BCUT2D eigenvalue weighted by molar-refractivity contribution is 6.03. The molecule has 0 saturated heterocycles. The van der Waals surface area contributed by atoms with Crippen LogP contribution in [0.3, 0.4) is 0 Å². The summed E-state index contributed by atoms with van der Waals surface area (Å²) in [5, 5.41) is 4.93. The number of nitrogens with zero attached hydrogens (tertiary/aromatic N) is 1. The molecule has 0 amide bonds. The van der Waals surface area contributed by atoms with Gasteiger partial charge < -0.3 is 4.90 Å². The third kappa shape index (κ3) is 4.66. The van der Waals surface area contributed by atoms with Gasteiger partial charge in [0.1, 0.15) is 0 Å². The van der Waals surface area contributed by atoms with E-state index in [1.807, 2.05) is 0 Å². The molecular formula is C60H41N. The second-order valence-corrected chi connectivity index (χ2v) is 17.6. The zero-order valence-electron chi connectivity index (χ0n) is 34.2. The van der Waals surface area contributed by atoms with Gasteiger partial charge >= 0.3 is 0 Å². The Morgan fingerprint density at radius 2 is 0.754 bits per heavy atom. The van der Waals surface area contributed by atoms with Crippen LogP contribution in [0.2, 0.25) is 0 Å². The molecular weight excluding hydrogens is 735 g/mol. The van der Waals surface area contributed by atoms with E-state index in [1.165, 1.54) is 99.4 Å². The Hall–Kier alpha value is -7.48. The summed E-state index contributed by atoms with van der Waals surface area (Å²) in [5.41, 5.74) is 21.8. The van der Waals surface area contributed by atoms with Crippen LogP contribution in [0.25, 0.3) is 66.1 Å². The highest BCUT2D eigenvalue weighted by Gasteiger charge is 2.53. The van der Waals surface area contributed by atoms with Crippen molar-refractivity contribution in [1.29, 1.82) is 0 Å². The molecule has 0 radical (unpaired) electrons. The Morgan fingerprint density at radius 3 is 1.41 bits per heavy atom. The zero-order valence-corrected chi connectivity index (χ0v) is 34.2. The molecule has 1 unspecified atom stereocenters. The lowest BCUT2D eigenvalue weighted by Gasteiger charge is -2.31. The van der Waals surface area contributed by atoms with Gasteiger partial charge in [-0.1, -0.05) is 184 Å². The van der Waals surface area contributed by atoms with Crippen LogP contribution in [-0.2, 0) is 10.8 Å². The first kappa shape index (κ1) is 34.4. The molecule has 61 heavy (non-hydrogen) atoms. The van der Waals surface area contributed by atoms with E-state index >= 15 is 0 Å². The Morgan fingerprint density at radius 1 is 0.295 bits per heavy atom. The lowest BCUT2D eigenvalue weighted by Crippen LogP contribution is -2.26. The van der Waals surface area contributed by atoms with Crippen molar-refractivity contribution in [2.45, 2.75) is 24.7 Å². The molecule has 0 saturated carbocycles. The number of anilines is 3. The van der Waals surface area contributed by atoms with Crippen molar-refractivity contribution in [3.8, 4) is 44.5 Å². The maximum Gasteiger partial charge on any atom is 0.0725 e. The van der Waals surface area contributed by atoms with Gasteiger partial charge in [-0.25, -0.2) is 0 Å². The summed E-state index contributed by atoms with van der Waals surface area (Å²) in [4.78, 5) is 2.39. The summed E-state index contributed by atoms with van der Waals surface area (Å²) < 4.78 is 0. The summed E-state index contributed by atoms with van der Waals surface area (Å²) in [5.74, 6) is 0. The topological polar surface area (TPSA) is 3.24 Å². The number of rotatable bonds is 4. The quantitative estimate of drug-likeness (QED) is 0.172. The van der Waals surface area contributed by atoms with Gasteiger partial charge in [-0.15, -0.1) is 0 Å². The second kappa shape index (κ2) is 12.5. The van der Waals surface area contributed by atoms with Crippen molar-refractivity contribution in [2.75, 3.05) is 4.90 Å². The predicted octanol–water partition coefficient (Wildman–Crippen LogP) is 15.8. The van der Waals surface area contributed by atoms with Crippen molar-refractivity contribution in [2.24, 2.45) is 0 Å². The molecule has 0 heterocycles.